The zero-order valence-corrected chi connectivity index (χ0v) is 14.7. The minimum atomic E-state index is -0.250. The van der Waals surface area contributed by atoms with Crippen molar-refractivity contribution in [2.24, 2.45) is 0 Å². The molecule has 0 spiro atoms. The summed E-state index contributed by atoms with van der Waals surface area (Å²) in [5, 5.41) is 7.12. The van der Waals surface area contributed by atoms with E-state index in [-0.39, 0.29) is 17.9 Å². The number of thiophene rings is 1. The van der Waals surface area contributed by atoms with E-state index in [0.29, 0.717) is 11.2 Å². The number of nitrogens with zero attached hydrogens (tertiary/aromatic N) is 1. The number of hydrogen-bond acceptors (Lipinski definition) is 4. The van der Waals surface area contributed by atoms with Crippen LogP contribution in [0.25, 0.3) is 21.5 Å². The second-order valence-electron chi connectivity index (χ2n) is 5.81. The van der Waals surface area contributed by atoms with Crippen LogP contribution in [0.15, 0.2) is 43.2 Å². The third-order valence-corrected chi connectivity index (χ3v) is 4.57. The molecule has 0 atom stereocenters. The number of anilines is 1. The SMILES string of the molecule is C=CC(=O)Nc1ccc(-c2cnc3[nH]cc(C(=O)NC(C)C)c3c2)s1. The van der Waals surface area contributed by atoms with E-state index in [1.165, 1.54) is 17.4 Å². The van der Waals surface area contributed by atoms with Crippen molar-refractivity contribution in [3.63, 3.8) is 0 Å². The monoisotopic (exact) mass is 354 g/mol. The average Bonchev–Trinajstić information content (AvgIpc) is 3.20. The lowest BCUT2D eigenvalue weighted by Crippen LogP contribution is -2.29. The van der Waals surface area contributed by atoms with Crippen molar-refractivity contribution in [3.8, 4) is 10.4 Å². The predicted octanol–water partition coefficient (Wildman–Crippen LogP) is 3.55. The summed E-state index contributed by atoms with van der Waals surface area (Å²) in [4.78, 5) is 32.1. The molecule has 7 heteroatoms. The first-order chi connectivity index (χ1) is 12.0. The standard InChI is InChI=1S/C18H18N4O2S/c1-4-15(23)22-16-6-5-14(25-16)11-7-12-13(18(24)21-10(2)3)9-20-17(12)19-8-11/h4-10H,1H2,2-3H3,(H,19,20)(H,21,24)(H,22,23). The molecule has 0 saturated heterocycles. The van der Waals surface area contributed by atoms with Gasteiger partial charge in [-0.3, -0.25) is 9.59 Å². The third-order valence-electron chi connectivity index (χ3n) is 3.52. The van der Waals surface area contributed by atoms with Crippen molar-refractivity contribution in [2.45, 2.75) is 19.9 Å². The Labute approximate surface area is 149 Å². The van der Waals surface area contributed by atoms with E-state index in [1.807, 2.05) is 32.0 Å². The zero-order chi connectivity index (χ0) is 18.0. The Bertz CT molecular complexity index is 955. The van der Waals surface area contributed by atoms with E-state index in [2.05, 4.69) is 27.2 Å². The molecule has 3 heterocycles. The van der Waals surface area contributed by atoms with Crippen molar-refractivity contribution in [2.75, 3.05) is 5.32 Å². The number of fused-ring (bicyclic) bond motifs is 1. The highest BCUT2D eigenvalue weighted by atomic mass is 32.1. The number of nitrogens with one attached hydrogen (secondary N) is 3. The minimum absolute atomic E-state index is 0.0573. The van der Waals surface area contributed by atoms with Gasteiger partial charge in [0.05, 0.1) is 10.6 Å². The molecule has 0 aliphatic carbocycles. The Kier molecular flexibility index (Phi) is 4.67. The Hall–Kier alpha value is -2.93. The summed E-state index contributed by atoms with van der Waals surface area (Å²) in [5.41, 5.74) is 2.11. The van der Waals surface area contributed by atoms with Crippen LogP contribution in [-0.2, 0) is 4.79 Å². The summed E-state index contributed by atoms with van der Waals surface area (Å²) in [6.45, 7) is 7.27. The Morgan fingerprint density at radius 3 is 2.88 bits per heavy atom. The first-order valence-electron chi connectivity index (χ1n) is 7.79. The highest BCUT2D eigenvalue weighted by Gasteiger charge is 2.15. The second-order valence-corrected chi connectivity index (χ2v) is 6.89. The number of H-pyrrole nitrogens is 1. The van der Waals surface area contributed by atoms with Crippen molar-refractivity contribution >= 4 is 39.2 Å². The van der Waals surface area contributed by atoms with Crippen LogP contribution in [0.4, 0.5) is 5.00 Å². The molecule has 0 saturated carbocycles. The number of rotatable bonds is 5. The van der Waals surface area contributed by atoms with Crippen LogP contribution in [0.1, 0.15) is 24.2 Å². The molecule has 0 aliphatic rings. The highest BCUT2D eigenvalue weighted by Crippen LogP contribution is 2.33. The molecule has 3 aromatic rings. The zero-order valence-electron chi connectivity index (χ0n) is 13.9. The number of carbonyl (C=O) groups excluding carboxylic acids is 2. The highest BCUT2D eigenvalue weighted by molar-refractivity contribution is 7.19. The van der Waals surface area contributed by atoms with E-state index >= 15 is 0 Å². The lowest BCUT2D eigenvalue weighted by Gasteiger charge is -2.07. The van der Waals surface area contributed by atoms with Crippen molar-refractivity contribution in [3.05, 3.63) is 48.8 Å². The average molecular weight is 354 g/mol. The van der Waals surface area contributed by atoms with E-state index < -0.39 is 0 Å². The quantitative estimate of drug-likeness (QED) is 0.612. The van der Waals surface area contributed by atoms with Crippen LogP contribution < -0.4 is 10.6 Å². The summed E-state index contributed by atoms with van der Waals surface area (Å²) >= 11 is 1.44. The molecule has 3 aromatic heterocycles. The Morgan fingerprint density at radius 1 is 1.36 bits per heavy atom. The van der Waals surface area contributed by atoms with Gasteiger partial charge < -0.3 is 15.6 Å². The molecule has 2 amide bonds. The maximum absolute atomic E-state index is 12.3. The van der Waals surface area contributed by atoms with Crippen LogP contribution in [0.5, 0.6) is 0 Å². The summed E-state index contributed by atoms with van der Waals surface area (Å²) < 4.78 is 0. The summed E-state index contributed by atoms with van der Waals surface area (Å²) in [7, 11) is 0. The smallest absolute Gasteiger partial charge is 0.253 e. The summed E-state index contributed by atoms with van der Waals surface area (Å²) in [5.74, 6) is -0.384. The molecule has 6 nitrogen and oxygen atoms in total. The molecule has 0 radical (unpaired) electrons. The maximum atomic E-state index is 12.3. The molecular formula is C18H18N4O2S. The van der Waals surface area contributed by atoms with Gasteiger partial charge in [0.1, 0.15) is 5.65 Å². The number of pyridine rings is 1. The van der Waals surface area contributed by atoms with E-state index in [0.717, 1.165) is 20.8 Å². The first kappa shape index (κ1) is 16.9. The number of aromatic amines is 1. The van der Waals surface area contributed by atoms with Gasteiger partial charge in [-0.15, -0.1) is 11.3 Å². The van der Waals surface area contributed by atoms with E-state index in [4.69, 9.17) is 0 Å². The number of aromatic nitrogens is 2. The van der Waals surface area contributed by atoms with Gasteiger partial charge in [-0.25, -0.2) is 4.98 Å². The van der Waals surface area contributed by atoms with Crippen molar-refractivity contribution in [1.29, 1.82) is 0 Å². The van der Waals surface area contributed by atoms with Crippen molar-refractivity contribution < 1.29 is 9.59 Å². The topological polar surface area (TPSA) is 86.9 Å². The van der Waals surface area contributed by atoms with Gasteiger partial charge in [-0.2, -0.15) is 0 Å². The molecular weight excluding hydrogens is 336 g/mol. The van der Waals surface area contributed by atoms with Gasteiger partial charge >= 0.3 is 0 Å². The van der Waals surface area contributed by atoms with Crippen LogP contribution in [0, 0.1) is 0 Å². The van der Waals surface area contributed by atoms with Gasteiger partial charge in [0.15, 0.2) is 0 Å². The fourth-order valence-corrected chi connectivity index (χ4v) is 3.29. The summed E-state index contributed by atoms with van der Waals surface area (Å²) in [6.07, 6.45) is 4.64. The molecule has 0 aliphatic heterocycles. The van der Waals surface area contributed by atoms with Crippen LogP contribution in [-0.4, -0.2) is 27.8 Å². The minimum Gasteiger partial charge on any atom is -0.350 e. The molecule has 0 bridgehead atoms. The van der Waals surface area contributed by atoms with Crippen molar-refractivity contribution in [1.82, 2.24) is 15.3 Å². The van der Waals surface area contributed by atoms with Gasteiger partial charge in [-0.05, 0) is 38.1 Å². The molecule has 0 fully saturated rings. The third kappa shape index (κ3) is 3.61. The van der Waals surface area contributed by atoms with E-state index in [1.54, 1.807) is 12.4 Å². The first-order valence-corrected chi connectivity index (χ1v) is 8.61. The number of hydrogen-bond donors (Lipinski definition) is 3. The van der Waals surface area contributed by atoms with Gasteiger partial charge in [0.2, 0.25) is 5.91 Å². The van der Waals surface area contributed by atoms with Gasteiger partial charge in [-0.1, -0.05) is 6.58 Å². The number of amides is 2. The molecule has 0 aromatic carbocycles. The normalized spacial score (nSPS) is 10.8. The van der Waals surface area contributed by atoms with Crippen LogP contribution >= 0.6 is 11.3 Å². The van der Waals surface area contributed by atoms with Crippen LogP contribution in [0.2, 0.25) is 0 Å². The summed E-state index contributed by atoms with van der Waals surface area (Å²) in [6, 6.07) is 5.72. The maximum Gasteiger partial charge on any atom is 0.253 e. The molecule has 128 valence electrons. The fraction of sp³-hybridized carbons (Fsp3) is 0.167. The second kappa shape index (κ2) is 6.90. The molecule has 3 N–H and O–H groups in total. The van der Waals surface area contributed by atoms with Crippen LogP contribution in [0.3, 0.4) is 0 Å². The largest absolute Gasteiger partial charge is 0.350 e. The lowest BCUT2D eigenvalue weighted by molar-refractivity contribution is -0.111. The van der Waals surface area contributed by atoms with Gasteiger partial charge in [0.25, 0.3) is 5.91 Å². The molecule has 25 heavy (non-hydrogen) atoms. The Balaban J connectivity index is 1.94. The van der Waals surface area contributed by atoms with E-state index in [9.17, 15) is 9.59 Å². The molecule has 0 unspecified atom stereocenters. The molecule has 3 rings (SSSR count). The predicted molar refractivity (Wildman–Crippen MR) is 101 cm³/mol. The van der Waals surface area contributed by atoms with Gasteiger partial charge in [0, 0.05) is 34.3 Å². The fourth-order valence-electron chi connectivity index (χ4n) is 2.40. The lowest BCUT2D eigenvalue weighted by atomic mass is 10.1. The Morgan fingerprint density at radius 2 is 2.16 bits per heavy atom. The number of carbonyl (C=O) groups is 2.